The van der Waals surface area contributed by atoms with Crippen LogP contribution in [0.2, 0.25) is 5.02 Å². The maximum absolute atomic E-state index is 13.2. The van der Waals surface area contributed by atoms with E-state index in [2.05, 4.69) is 20.7 Å². The van der Waals surface area contributed by atoms with Crippen molar-refractivity contribution in [2.24, 2.45) is 0 Å². The summed E-state index contributed by atoms with van der Waals surface area (Å²) in [7, 11) is -3.91. The lowest BCUT2D eigenvalue weighted by Crippen LogP contribution is -2.27. The second-order valence-electron chi connectivity index (χ2n) is 4.47. The number of nitrogens with one attached hydrogen (secondary N) is 1. The third-order valence-corrected chi connectivity index (χ3v) is 5.38. The molecule has 0 aliphatic rings. The summed E-state index contributed by atoms with van der Waals surface area (Å²) in [4.78, 5) is -0.272. The quantitative estimate of drug-likeness (QED) is 0.844. The van der Waals surface area contributed by atoms with Crippen molar-refractivity contribution in [1.82, 2.24) is 4.72 Å². The first-order valence-corrected chi connectivity index (χ1v) is 8.68. The van der Waals surface area contributed by atoms with Gasteiger partial charge < -0.3 is 0 Å². The summed E-state index contributed by atoms with van der Waals surface area (Å²) in [6, 6.07) is 10.00. The van der Waals surface area contributed by atoms with Crippen molar-refractivity contribution in [2.45, 2.75) is 17.9 Å². The van der Waals surface area contributed by atoms with Crippen molar-refractivity contribution in [2.75, 3.05) is 0 Å². The van der Waals surface area contributed by atoms with Crippen molar-refractivity contribution < 1.29 is 12.8 Å². The molecule has 0 fully saturated rings. The van der Waals surface area contributed by atoms with Crippen LogP contribution < -0.4 is 4.72 Å². The summed E-state index contributed by atoms with van der Waals surface area (Å²) in [5.74, 6) is -0.658. The van der Waals surface area contributed by atoms with Crippen LogP contribution in [0, 0.1) is 5.82 Å². The summed E-state index contributed by atoms with van der Waals surface area (Å²) < 4.78 is 41.2. The summed E-state index contributed by atoms with van der Waals surface area (Å²) in [5.41, 5.74) is 0.778. The smallest absolute Gasteiger partial charge is 0.207 e. The molecule has 0 saturated carbocycles. The number of sulfonamides is 1. The Kier molecular flexibility index (Phi) is 5.03. The van der Waals surface area contributed by atoms with Gasteiger partial charge in [-0.3, -0.25) is 0 Å². The summed E-state index contributed by atoms with van der Waals surface area (Å²) >= 11 is 9.17. The number of benzene rings is 2. The molecule has 2 aromatic carbocycles. The zero-order valence-electron chi connectivity index (χ0n) is 11.0. The average molecular weight is 393 g/mol. The van der Waals surface area contributed by atoms with Gasteiger partial charge in [0.05, 0.1) is 5.02 Å². The highest BCUT2D eigenvalue weighted by atomic mass is 79.9. The number of halogens is 3. The zero-order valence-corrected chi connectivity index (χ0v) is 14.1. The summed E-state index contributed by atoms with van der Waals surface area (Å²) in [6.07, 6.45) is 0. The van der Waals surface area contributed by atoms with E-state index in [9.17, 15) is 12.8 Å². The van der Waals surface area contributed by atoms with E-state index >= 15 is 0 Å². The van der Waals surface area contributed by atoms with Gasteiger partial charge in [-0.25, -0.2) is 17.5 Å². The first-order valence-electron chi connectivity index (χ1n) is 6.02. The Hall–Kier alpha value is -0.950. The predicted molar refractivity (Wildman–Crippen MR) is 84.3 cm³/mol. The van der Waals surface area contributed by atoms with E-state index in [1.807, 2.05) is 6.07 Å². The normalized spacial score (nSPS) is 13.1. The van der Waals surface area contributed by atoms with E-state index in [0.29, 0.717) is 0 Å². The minimum atomic E-state index is -3.91. The second kappa shape index (κ2) is 6.44. The fourth-order valence-electron chi connectivity index (χ4n) is 1.82. The maximum atomic E-state index is 13.2. The SMILES string of the molecule is CC(NS(=O)(=O)c1cc(F)ccc1Cl)c1cccc(Br)c1. The molecule has 112 valence electrons. The largest absolute Gasteiger partial charge is 0.242 e. The molecule has 0 amide bonds. The Morgan fingerprint density at radius 3 is 2.62 bits per heavy atom. The fraction of sp³-hybridized carbons (Fsp3) is 0.143. The van der Waals surface area contributed by atoms with Crippen LogP contribution in [0.4, 0.5) is 4.39 Å². The highest BCUT2D eigenvalue weighted by Crippen LogP contribution is 2.25. The van der Waals surface area contributed by atoms with Gasteiger partial charge in [0.15, 0.2) is 0 Å². The van der Waals surface area contributed by atoms with Crippen molar-refractivity contribution in [1.29, 1.82) is 0 Å². The predicted octanol–water partition coefficient (Wildman–Crippen LogP) is 4.28. The maximum Gasteiger partial charge on any atom is 0.242 e. The third-order valence-electron chi connectivity index (χ3n) is 2.86. The van der Waals surface area contributed by atoms with Gasteiger partial charge in [0.1, 0.15) is 10.7 Å². The van der Waals surface area contributed by atoms with Crippen molar-refractivity contribution in [3.8, 4) is 0 Å². The van der Waals surface area contributed by atoms with E-state index in [1.54, 1.807) is 25.1 Å². The van der Waals surface area contributed by atoms with Gasteiger partial charge in [0.25, 0.3) is 0 Å². The van der Waals surface area contributed by atoms with Gasteiger partial charge in [-0.05, 0) is 42.8 Å². The van der Waals surface area contributed by atoms with Crippen molar-refractivity contribution >= 4 is 37.6 Å². The first kappa shape index (κ1) is 16.4. The van der Waals surface area contributed by atoms with Crippen LogP contribution in [0.3, 0.4) is 0 Å². The molecule has 0 radical (unpaired) electrons. The Morgan fingerprint density at radius 2 is 1.95 bits per heavy atom. The molecule has 3 nitrogen and oxygen atoms in total. The highest BCUT2D eigenvalue weighted by Gasteiger charge is 2.22. The zero-order chi connectivity index (χ0) is 15.6. The van der Waals surface area contributed by atoms with Crippen LogP contribution in [0.15, 0.2) is 51.8 Å². The molecule has 2 rings (SSSR count). The van der Waals surface area contributed by atoms with Crippen molar-refractivity contribution in [3.05, 3.63) is 63.3 Å². The first-order chi connectivity index (χ1) is 9.79. The molecule has 0 spiro atoms. The number of rotatable bonds is 4. The van der Waals surface area contributed by atoms with E-state index in [4.69, 9.17) is 11.6 Å². The molecule has 2 aromatic rings. The van der Waals surface area contributed by atoms with Gasteiger partial charge >= 0.3 is 0 Å². The van der Waals surface area contributed by atoms with Gasteiger partial charge in [0.2, 0.25) is 10.0 Å². The molecule has 7 heteroatoms. The van der Waals surface area contributed by atoms with Crippen LogP contribution in [-0.4, -0.2) is 8.42 Å². The lowest BCUT2D eigenvalue weighted by Gasteiger charge is -2.15. The van der Waals surface area contributed by atoms with Crippen LogP contribution in [0.5, 0.6) is 0 Å². The summed E-state index contributed by atoms with van der Waals surface area (Å²) in [6.45, 7) is 1.70. The highest BCUT2D eigenvalue weighted by molar-refractivity contribution is 9.10. The standard InChI is InChI=1S/C14H12BrClFNO2S/c1-9(10-3-2-4-11(15)7-10)18-21(19,20)14-8-12(17)5-6-13(14)16/h2-9,18H,1H3. The molecular weight excluding hydrogens is 381 g/mol. The van der Waals surface area contributed by atoms with Crippen LogP contribution >= 0.6 is 27.5 Å². The summed E-state index contributed by atoms with van der Waals surface area (Å²) in [5, 5.41) is -0.0228. The third kappa shape index (κ3) is 4.03. The molecule has 21 heavy (non-hydrogen) atoms. The molecule has 1 N–H and O–H groups in total. The molecule has 0 aliphatic carbocycles. The minimum absolute atomic E-state index is 0.0228. The van der Waals surface area contributed by atoms with E-state index in [-0.39, 0.29) is 9.92 Å². The molecular formula is C14H12BrClFNO2S. The molecule has 1 atom stereocenters. The molecule has 0 aliphatic heterocycles. The topological polar surface area (TPSA) is 46.2 Å². The van der Waals surface area contributed by atoms with Gasteiger partial charge in [0, 0.05) is 10.5 Å². The number of hydrogen-bond acceptors (Lipinski definition) is 2. The Morgan fingerprint density at radius 1 is 1.24 bits per heavy atom. The van der Waals surface area contributed by atoms with Gasteiger partial charge in [-0.15, -0.1) is 0 Å². The lowest BCUT2D eigenvalue weighted by molar-refractivity contribution is 0.564. The lowest BCUT2D eigenvalue weighted by atomic mass is 10.1. The van der Waals surface area contributed by atoms with Crippen LogP contribution in [0.1, 0.15) is 18.5 Å². The van der Waals surface area contributed by atoms with Crippen molar-refractivity contribution in [3.63, 3.8) is 0 Å². The fourth-order valence-corrected chi connectivity index (χ4v) is 3.98. The second-order valence-corrected chi connectivity index (χ2v) is 7.48. The average Bonchev–Trinajstić information content (AvgIpc) is 2.41. The molecule has 0 saturated heterocycles. The molecule has 0 heterocycles. The molecule has 1 unspecified atom stereocenters. The monoisotopic (exact) mass is 391 g/mol. The molecule has 0 bridgehead atoms. The van der Waals surface area contributed by atoms with E-state index in [0.717, 1.165) is 22.2 Å². The van der Waals surface area contributed by atoms with Gasteiger partial charge in [-0.2, -0.15) is 0 Å². The Labute approximate surface area is 136 Å². The Bertz CT molecular complexity index is 767. The van der Waals surface area contributed by atoms with E-state index < -0.39 is 21.9 Å². The van der Waals surface area contributed by atoms with Crippen LogP contribution in [0.25, 0.3) is 0 Å². The van der Waals surface area contributed by atoms with E-state index in [1.165, 1.54) is 6.07 Å². The number of hydrogen-bond donors (Lipinski definition) is 1. The molecule has 0 aromatic heterocycles. The van der Waals surface area contributed by atoms with Gasteiger partial charge in [-0.1, -0.05) is 39.7 Å². The minimum Gasteiger partial charge on any atom is -0.207 e. The Balaban J connectivity index is 2.31. The van der Waals surface area contributed by atoms with Crippen LogP contribution in [-0.2, 0) is 10.0 Å².